The zero-order chi connectivity index (χ0) is 15.1. The molecule has 1 heterocycles. The third-order valence-corrected chi connectivity index (χ3v) is 5.02. The van der Waals surface area contributed by atoms with Crippen molar-refractivity contribution in [1.82, 2.24) is 0 Å². The lowest BCUT2D eigenvalue weighted by molar-refractivity contribution is -0.384. The Morgan fingerprint density at radius 3 is 2.55 bits per heavy atom. The lowest BCUT2D eigenvalue weighted by Gasteiger charge is -2.16. The van der Waals surface area contributed by atoms with E-state index in [1.807, 2.05) is 0 Å². The molecule has 10 heteroatoms. The van der Waals surface area contributed by atoms with Gasteiger partial charge < -0.3 is 4.90 Å². The Morgan fingerprint density at radius 2 is 2.05 bits per heavy atom. The Balaban J connectivity index is 2.45. The van der Waals surface area contributed by atoms with Gasteiger partial charge in [-0.25, -0.2) is 8.42 Å². The van der Waals surface area contributed by atoms with Gasteiger partial charge in [-0.05, 0) is 12.1 Å². The number of nitro groups is 1. The summed E-state index contributed by atoms with van der Waals surface area (Å²) in [7, 11) is 1.31. The molecule has 0 aliphatic carbocycles. The summed E-state index contributed by atoms with van der Waals surface area (Å²) in [5.41, 5.74) is -0.356. The summed E-state index contributed by atoms with van der Waals surface area (Å²) in [5.74, 6) is -0.551. The topological polar surface area (TPSA) is 97.6 Å². The summed E-state index contributed by atoms with van der Waals surface area (Å²) in [6.45, 7) is -0.230. The summed E-state index contributed by atoms with van der Waals surface area (Å²) in [4.78, 5) is 23.2. The molecule has 108 valence electrons. The molecule has 1 atom stereocenters. The second-order valence-corrected chi connectivity index (χ2v) is 7.54. The maximum absolute atomic E-state index is 11.9. The van der Waals surface area contributed by atoms with Crippen LogP contribution in [0.2, 0.25) is 5.02 Å². The zero-order valence-electron chi connectivity index (χ0n) is 9.82. The van der Waals surface area contributed by atoms with E-state index < -0.39 is 25.1 Å². The molecule has 0 N–H and O–H groups in total. The zero-order valence-corrected chi connectivity index (χ0v) is 12.2. The number of hydrogen-bond acceptors (Lipinski definition) is 5. The fourth-order valence-electron chi connectivity index (χ4n) is 1.96. The summed E-state index contributed by atoms with van der Waals surface area (Å²) in [6.07, 6.45) is -0.310. The van der Waals surface area contributed by atoms with Gasteiger partial charge in [0.1, 0.15) is 10.9 Å². The smallest absolute Gasteiger partial charge is 0.293 e. The number of nitrogens with zero attached hydrogens (tertiary/aromatic N) is 2. The van der Waals surface area contributed by atoms with Crippen LogP contribution in [0.15, 0.2) is 18.2 Å². The maximum Gasteiger partial charge on any atom is 0.293 e. The highest BCUT2D eigenvalue weighted by atomic mass is 35.7. The quantitative estimate of drug-likeness (QED) is 0.476. The Bertz CT molecular complexity index is 691. The molecule has 1 amide bonds. The normalized spacial score (nSPS) is 19.4. The van der Waals surface area contributed by atoms with Crippen LogP contribution < -0.4 is 4.90 Å². The lowest BCUT2D eigenvalue weighted by Crippen LogP contribution is -2.27. The van der Waals surface area contributed by atoms with Crippen LogP contribution in [0.4, 0.5) is 11.4 Å². The highest BCUT2D eigenvalue weighted by Gasteiger charge is 2.40. The van der Waals surface area contributed by atoms with Crippen molar-refractivity contribution in [3.63, 3.8) is 0 Å². The van der Waals surface area contributed by atoms with E-state index in [1.54, 1.807) is 0 Å². The van der Waals surface area contributed by atoms with Gasteiger partial charge in [0.05, 0.1) is 4.92 Å². The number of anilines is 1. The van der Waals surface area contributed by atoms with E-state index in [4.69, 9.17) is 22.3 Å². The third kappa shape index (κ3) is 2.87. The Labute approximate surface area is 123 Å². The molecule has 0 aromatic heterocycles. The fourth-order valence-corrected chi connectivity index (χ4v) is 3.16. The van der Waals surface area contributed by atoms with Crippen molar-refractivity contribution >= 4 is 48.6 Å². The average Bonchev–Trinajstić information content (AvgIpc) is 2.70. The van der Waals surface area contributed by atoms with Crippen molar-refractivity contribution in [3.05, 3.63) is 33.3 Å². The van der Waals surface area contributed by atoms with Crippen molar-refractivity contribution in [3.8, 4) is 0 Å². The molecule has 1 fully saturated rings. The summed E-state index contributed by atoms with van der Waals surface area (Å²) in [6, 6.07) is 3.73. The van der Waals surface area contributed by atoms with Crippen LogP contribution in [0.5, 0.6) is 0 Å². The van der Waals surface area contributed by atoms with Crippen molar-refractivity contribution in [2.24, 2.45) is 0 Å². The molecule has 20 heavy (non-hydrogen) atoms. The summed E-state index contributed by atoms with van der Waals surface area (Å²) in [5, 5.41) is 10.1. The van der Waals surface area contributed by atoms with Crippen LogP contribution in [-0.2, 0) is 13.8 Å². The molecule has 7 nitrogen and oxygen atoms in total. The minimum absolute atomic E-state index is 0.0321. The number of benzene rings is 1. The molecule has 0 radical (unpaired) electrons. The second kappa shape index (κ2) is 5.19. The minimum atomic E-state index is -3.91. The predicted molar refractivity (Wildman–Crippen MR) is 73.6 cm³/mol. The largest absolute Gasteiger partial charge is 0.305 e. The number of hydrogen-bond donors (Lipinski definition) is 0. The predicted octanol–water partition coefficient (Wildman–Crippen LogP) is 1.92. The average molecular weight is 339 g/mol. The second-order valence-electron chi connectivity index (χ2n) is 4.20. The first-order chi connectivity index (χ1) is 9.20. The van der Waals surface area contributed by atoms with Gasteiger partial charge in [-0.1, -0.05) is 11.6 Å². The molecule has 1 aromatic rings. The number of nitro benzene ring substituents is 1. The molecule has 1 aromatic carbocycles. The van der Waals surface area contributed by atoms with E-state index in [0.717, 1.165) is 11.0 Å². The number of carbonyl (C=O) groups excluding carboxylic acids is 1. The van der Waals surface area contributed by atoms with Crippen LogP contribution in [0, 0.1) is 10.1 Å². The van der Waals surface area contributed by atoms with E-state index in [1.165, 1.54) is 12.1 Å². The Kier molecular flexibility index (Phi) is 3.90. The molecular formula is C10H8Cl2N2O5S. The van der Waals surface area contributed by atoms with E-state index in [2.05, 4.69) is 0 Å². The van der Waals surface area contributed by atoms with E-state index in [-0.39, 0.29) is 29.4 Å². The van der Waals surface area contributed by atoms with Gasteiger partial charge in [0.15, 0.2) is 0 Å². The minimum Gasteiger partial charge on any atom is -0.305 e. The van der Waals surface area contributed by atoms with Gasteiger partial charge >= 0.3 is 0 Å². The number of halogens is 2. The lowest BCUT2D eigenvalue weighted by atomic mass is 10.2. The van der Waals surface area contributed by atoms with Crippen molar-refractivity contribution in [1.29, 1.82) is 0 Å². The summed E-state index contributed by atoms with van der Waals surface area (Å²) < 4.78 is 22.5. The van der Waals surface area contributed by atoms with Crippen LogP contribution in [0.1, 0.15) is 6.42 Å². The first kappa shape index (κ1) is 15.0. The standard InChI is InChI=1S/C10H8Cl2N2O5S/c11-6-1-2-8(14(16)17)9(3-6)13-5-7(4-10(13)15)20(12,18)19/h1-3,7H,4-5H2. The van der Waals surface area contributed by atoms with E-state index in [0.29, 0.717) is 0 Å². The monoisotopic (exact) mass is 338 g/mol. The highest BCUT2D eigenvalue weighted by molar-refractivity contribution is 8.14. The first-order valence-electron chi connectivity index (χ1n) is 5.38. The molecular weight excluding hydrogens is 331 g/mol. The molecule has 0 saturated carbocycles. The number of carbonyl (C=O) groups is 1. The maximum atomic E-state index is 11.9. The van der Waals surface area contributed by atoms with Gasteiger partial charge in [0.2, 0.25) is 15.0 Å². The van der Waals surface area contributed by atoms with Crippen LogP contribution in [0.3, 0.4) is 0 Å². The molecule has 1 unspecified atom stereocenters. The molecule has 1 aliphatic heterocycles. The molecule has 1 aliphatic rings. The van der Waals surface area contributed by atoms with Gasteiger partial charge in [-0.2, -0.15) is 0 Å². The Hall–Kier alpha value is -1.38. The van der Waals surface area contributed by atoms with Gasteiger partial charge in [0, 0.05) is 34.7 Å². The van der Waals surface area contributed by atoms with Crippen molar-refractivity contribution in [2.45, 2.75) is 11.7 Å². The van der Waals surface area contributed by atoms with Crippen LogP contribution >= 0.6 is 22.3 Å². The fraction of sp³-hybridized carbons (Fsp3) is 0.300. The SMILES string of the molecule is O=C1CC(S(=O)(=O)Cl)CN1c1cc(Cl)ccc1[N+](=O)[O-]. The first-order valence-corrected chi connectivity index (χ1v) is 8.13. The van der Waals surface area contributed by atoms with Crippen LogP contribution in [-0.4, -0.2) is 31.0 Å². The van der Waals surface area contributed by atoms with Crippen LogP contribution in [0.25, 0.3) is 0 Å². The van der Waals surface area contributed by atoms with E-state index >= 15 is 0 Å². The van der Waals surface area contributed by atoms with Gasteiger partial charge in [-0.3, -0.25) is 14.9 Å². The third-order valence-electron chi connectivity index (χ3n) is 2.91. The van der Waals surface area contributed by atoms with Gasteiger partial charge in [0.25, 0.3) is 5.69 Å². The Morgan fingerprint density at radius 1 is 1.40 bits per heavy atom. The highest BCUT2D eigenvalue weighted by Crippen LogP contribution is 2.35. The number of amides is 1. The molecule has 0 spiro atoms. The van der Waals surface area contributed by atoms with E-state index in [9.17, 15) is 23.3 Å². The summed E-state index contributed by atoms with van der Waals surface area (Å²) >= 11 is 5.77. The van der Waals surface area contributed by atoms with Crippen molar-refractivity contribution < 1.29 is 18.1 Å². The molecule has 1 saturated heterocycles. The van der Waals surface area contributed by atoms with Gasteiger partial charge in [-0.15, -0.1) is 0 Å². The van der Waals surface area contributed by atoms with Crippen molar-refractivity contribution in [2.75, 3.05) is 11.4 Å². The molecule has 0 bridgehead atoms. The number of rotatable bonds is 3. The molecule has 2 rings (SSSR count).